The van der Waals surface area contributed by atoms with E-state index in [1.54, 1.807) is 18.5 Å². The van der Waals surface area contributed by atoms with Crippen molar-refractivity contribution >= 4 is 10.8 Å². The minimum absolute atomic E-state index is 0.566. The summed E-state index contributed by atoms with van der Waals surface area (Å²) in [7, 11) is 0. The Bertz CT molecular complexity index is 682. The first-order valence-electron chi connectivity index (χ1n) is 5.83. The first kappa shape index (κ1) is 11.0. The summed E-state index contributed by atoms with van der Waals surface area (Å²) in [5, 5.41) is 12.4. The molecule has 3 heteroatoms. The fraction of sp³-hybridized carbons (Fsp3) is 0.133. The van der Waals surface area contributed by atoms with Crippen LogP contribution in [0.1, 0.15) is 23.2 Å². The van der Waals surface area contributed by atoms with Crippen molar-refractivity contribution in [3.63, 3.8) is 0 Å². The summed E-state index contributed by atoms with van der Waals surface area (Å²) in [4.78, 5) is 4.09. The van der Waals surface area contributed by atoms with Gasteiger partial charge in [-0.25, -0.2) is 0 Å². The van der Waals surface area contributed by atoms with Crippen molar-refractivity contribution in [3.05, 3.63) is 65.9 Å². The second kappa shape index (κ2) is 4.27. The molecule has 3 rings (SSSR count). The number of aromatic nitrogens is 1. The zero-order chi connectivity index (χ0) is 12.5. The first-order chi connectivity index (χ1) is 8.75. The monoisotopic (exact) mass is 239 g/mol. The van der Waals surface area contributed by atoms with Gasteiger partial charge in [0.15, 0.2) is 0 Å². The minimum Gasteiger partial charge on any atom is -0.463 e. The van der Waals surface area contributed by atoms with Gasteiger partial charge >= 0.3 is 0 Å². The van der Waals surface area contributed by atoms with Gasteiger partial charge in [-0.2, -0.15) is 0 Å². The van der Waals surface area contributed by atoms with E-state index in [0.29, 0.717) is 5.76 Å². The van der Waals surface area contributed by atoms with E-state index in [1.165, 1.54) is 0 Å². The molecule has 1 unspecified atom stereocenters. The van der Waals surface area contributed by atoms with Gasteiger partial charge in [0.1, 0.15) is 17.6 Å². The van der Waals surface area contributed by atoms with E-state index in [2.05, 4.69) is 4.98 Å². The number of hydrogen-bond donors (Lipinski definition) is 1. The Hall–Kier alpha value is -2.13. The van der Waals surface area contributed by atoms with Crippen LogP contribution in [0.4, 0.5) is 0 Å². The molecular weight excluding hydrogens is 226 g/mol. The Morgan fingerprint density at radius 3 is 2.83 bits per heavy atom. The van der Waals surface area contributed by atoms with E-state index in [9.17, 15) is 5.11 Å². The molecular formula is C15H13NO2. The van der Waals surface area contributed by atoms with Gasteiger partial charge in [0.05, 0.1) is 0 Å². The Morgan fingerprint density at radius 2 is 2.06 bits per heavy atom. The molecule has 90 valence electrons. The molecule has 2 aromatic heterocycles. The predicted octanol–water partition coefficient (Wildman–Crippen LogP) is 3.22. The smallest absolute Gasteiger partial charge is 0.137 e. The lowest BCUT2D eigenvalue weighted by atomic mass is 10.0. The maximum Gasteiger partial charge on any atom is 0.137 e. The Balaban J connectivity index is 2.14. The lowest BCUT2D eigenvalue weighted by Crippen LogP contribution is -1.99. The fourth-order valence-electron chi connectivity index (χ4n) is 2.14. The zero-order valence-corrected chi connectivity index (χ0v) is 10.00. The van der Waals surface area contributed by atoms with Gasteiger partial charge in [-0.05, 0) is 36.1 Å². The van der Waals surface area contributed by atoms with E-state index in [0.717, 1.165) is 22.1 Å². The highest BCUT2D eigenvalue weighted by Gasteiger charge is 2.16. The highest BCUT2D eigenvalue weighted by molar-refractivity contribution is 5.85. The Labute approximate surface area is 105 Å². The molecule has 0 saturated heterocycles. The van der Waals surface area contributed by atoms with Crippen molar-refractivity contribution in [1.82, 2.24) is 4.98 Å². The van der Waals surface area contributed by atoms with Crippen LogP contribution < -0.4 is 0 Å². The van der Waals surface area contributed by atoms with Gasteiger partial charge < -0.3 is 9.52 Å². The molecule has 0 aliphatic heterocycles. The van der Waals surface area contributed by atoms with Gasteiger partial charge in [-0.1, -0.05) is 18.2 Å². The van der Waals surface area contributed by atoms with Crippen LogP contribution in [0, 0.1) is 6.92 Å². The number of aliphatic hydroxyl groups excluding tert-OH is 1. The zero-order valence-electron chi connectivity index (χ0n) is 10.00. The fourth-order valence-corrected chi connectivity index (χ4v) is 2.14. The maximum atomic E-state index is 10.4. The van der Waals surface area contributed by atoms with Gasteiger partial charge in [0.2, 0.25) is 0 Å². The van der Waals surface area contributed by atoms with Crippen LogP contribution in [-0.4, -0.2) is 10.1 Å². The number of nitrogens with zero attached hydrogens (tertiary/aromatic N) is 1. The molecule has 0 spiro atoms. The molecule has 0 radical (unpaired) electrons. The van der Waals surface area contributed by atoms with Crippen molar-refractivity contribution in [3.8, 4) is 0 Å². The molecule has 3 aromatic rings. The average molecular weight is 239 g/mol. The summed E-state index contributed by atoms with van der Waals surface area (Å²) >= 11 is 0. The molecule has 18 heavy (non-hydrogen) atoms. The van der Waals surface area contributed by atoms with Crippen LogP contribution in [0.15, 0.2) is 53.2 Å². The highest BCUT2D eigenvalue weighted by atomic mass is 16.4. The number of furan rings is 1. The topological polar surface area (TPSA) is 46.3 Å². The normalized spacial score (nSPS) is 12.8. The summed E-state index contributed by atoms with van der Waals surface area (Å²) in [5.41, 5.74) is 0.837. The maximum absolute atomic E-state index is 10.4. The number of hydrogen-bond acceptors (Lipinski definition) is 3. The summed E-state index contributed by atoms with van der Waals surface area (Å²) < 4.78 is 5.48. The van der Waals surface area contributed by atoms with E-state index in [4.69, 9.17) is 4.42 Å². The largest absolute Gasteiger partial charge is 0.463 e. The molecule has 0 aliphatic carbocycles. The predicted molar refractivity (Wildman–Crippen MR) is 69.2 cm³/mol. The summed E-state index contributed by atoms with van der Waals surface area (Å²) in [6.45, 7) is 1.86. The van der Waals surface area contributed by atoms with Gasteiger partial charge in [0.25, 0.3) is 0 Å². The lowest BCUT2D eigenvalue weighted by molar-refractivity contribution is 0.189. The van der Waals surface area contributed by atoms with Crippen molar-refractivity contribution in [2.75, 3.05) is 0 Å². The molecule has 1 aromatic carbocycles. The Kier molecular flexibility index (Phi) is 2.61. The first-order valence-corrected chi connectivity index (χ1v) is 5.83. The molecule has 0 fully saturated rings. The third kappa shape index (κ3) is 1.79. The van der Waals surface area contributed by atoms with Crippen LogP contribution in [-0.2, 0) is 0 Å². The SMILES string of the molecule is Cc1ccc(C(O)c2cccc3cnccc23)o1. The van der Waals surface area contributed by atoms with Crippen LogP contribution in [0.3, 0.4) is 0 Å². The van der Waals surface area contributed by atoms with Crippen LogP contribution in [0.2, 0.25) is 0 Å². The van der Waals surface area contributed by atoms with Crippen molar-refractivity contribution < 1.29 is 9.52 Å². The average Bonchev–Trinajstić information content (AvgIpc) is 2.84. The lowest BCUT2D eigenvalue weighted by Gasteiger charge is -2.11. The van der Waals surface area contributed by atoms with E-state index in [-0.39, 0.29) is 0 Å². The summed E-state index contributed by atoms with van der Waals surface area (Å²) in [6.07, 6.45) is 2.77. The van der Waals surface area contributed by atoms with Crippen LogP contribution >= 0.6 is 0 Å². The Morgan fingerprint density at radius 1 is 1.17 bits per heavy atom. The molecule has 3 nitrogen and oxygen atoms in total. The number of benzene rings is 1. The standard InChI is InChI=1S/C15H13NO2/c1-10-5-6-14(18-10)15(17)13-4-2-3-11-9-16-8-7-12(11)13/h2-9,15,17H,1H3. The molecule has 0 bridgehead atoms. The molecule has 2 heterocycles. The third-order valence-electron chi connectivity index (χ3n) is 3.04. The van der Waals surface area contributed by atoms with Crippen molar-refractivity contribution in [2.45, 2.75) is 13.0 Å². The molecule has 0 aliphatic rings. The van der Waals surface area contributed by atoms with Crippen molar-refractivity contribution in [1.29, 1.82) is 0 Å². The number of fused-ring (bicyclic) bond motifs is 1. The van der Waals surface area contributed by atoms with Crippen molar-refractivity contribution in [2.24, 2.45) is 0 Å². The van der Waals surface area contributed by atoms with E-state index >= 15 is 0 Å². The van der Waals surface area contributed by atoms with Gasteiger partial charge in [-0.3, -0.25) is 4.98 Å². The number of pyridine rings is 1. The number of aliphatic hydroxyl groups is 1. The highest BCUT2D eigenvalue weighted by Crippen LogP contribution is 2.29. The molecule has 1 N–H and O–H groups in total. The van der Waals surface area contributed by atoms with Crippen LogP contribution in [0.25, 0.3) is 10.8 Å². The summed E-state index contributed by atoms with van der Waals surface area (Å²) in [5.74, 6) is 1.36. The minimum atomic E-state index is -0.746. The molecule has 0 amide bonds. The van der Waals surface area contributed by atoms with Gasteiger partial charge in [0, 0.05) is 17.8 Å². The van der Waals surface area contributed by atoms with Crippen LogP contribution in [0.5, 0.6) is 0 Å². The third-order valence-corrected chi connectivity index (χ3v) is 3.04. The molecule has 1 atom stereocenters. The van der Waals surface area contributed by atoms with E-state index < -0.39 is 6.10 Å². The number of aryl methyl sites for hydroxylation is 1. The second-order valence-electron chi connectivity index (χ2n) is 4.30. The molecule has 0 saturated carbocycles. The van der Waals surface area contributed by atoms with E-state index in [1.807, 2.05) is 37.3 Å². The quantitative estimate of drug-likeness (QED) is 0.746. The summed E-state index contributed by atoms with van der Waals surface area (Å²) in [6, 6.07) is 11.4. The number of rotatable bonds is 2. The van der Waals surface area contributed by atoms with Gasteiger partial charge in [-0.15, -0.1) is 0 Å². The second-order valence-corrected chi connectivity index (χ2v) is 4.30.